The molecule has 2 heterocycles. The summed E-state index contributed by atoms with van der Waals surface area (Å²) in [6.07, 6.45) is 2.32. The van der Waals surface area contributed by atoms with Crippen LogP contribution >= 0.6 is 22.9 Å². The molecule has 78 valence electrons. The van der Waals surface area contributed by atoms with E-state index in [-0.39, 0.29) is 6.61 Å². The zero-order chi connectivity index (χ0) is 9.97. The van der Waals surface area contributed by atoms with E-state index in [1.807, 2.05) is 6.07 Å². The van der Waals surface area contributed by atoms with E-state index in [1.54, 1.807) is 11.3 Å². The number of hydrogen-bond acceptors (Lipinski definition) is 3. The first-order valence-electron chi connectivity index (χ1n) is 4.88. The van der Waals surface area contributed by atoms with Crippen LogP contribution in [0.25, 0.3) is 0 Å². The number of aliphatic hydroxyl groups is 1. The summed E-state index contributed by atoms with van der Waals surface area (Å²) in [5.74, 6) is 0. The number of rotatable bonds is 3. The number of thiophene rings is 1. The molecule has 1 fully saturated rings. The lowest BCUT2D eigenvalue weighted by molar-refractivity contribution is 0.154. The second-order valence-electron chi connectivity index (χ2n) is 3.65. The van der Waals surface area contributed by atoms with Gasteiger partial charge in [0.05, 0.1) is 10.9 Å². The SMILES string of the molecule is OC[C@@H]1CCCN1Cc1ccc(Cl)s1. The molecule has 0 spiro atoms. The molecule has 1 aliphatic heterocycles. The number of nitrogens with zero attached hydrogens (tertiary/aromatic N) is 1. The quantitative estimate of drug-likeness (QED) is 0.864. The summed E-state index contributed by atoms with van der Waals surface area (Å²) in [7, 11) is 0. The van der Waals surface area contributed by atoms with E-state index in [1.165, 1.54) is 11.3 Å². The molecule has 2 rings (SSSR count). The fourth-order valence-electron chi connectivity index (χ4n) is 1.95. The maximum Gasteiger partial charge on any atom is 0.0931 e. The molecule has 1 atom stereocenters. The fourth-order valence-corrected chi connectivity index (χ4v) is 3.06. The summed E-state index contributed by atoms with van der Waals surface area (Å²) in [5, 5.41) is 9.16. The van der Waals surface area contributed by atoms with Crippen molar-refractivity contribution in [2.24, 2.45) is 0 Å². The predicted octanol–water partition coefficient (Wildman–Crippen LogP) is 2.36. The summed E-state index contributed by atoms with van der Waals surface area (Å²) in [6.45, 7) is 2.31. The monoisotopic (exact) mass is 231 g/mol. The van der Waals surface area contributed by atoms with Crippen molar-refractivity contribution >= 4 is 22.9 Å². The van der Waals surface area contributed by atoms with Crippen LogP contribution < -0.4 is 0 Å². The number of likely N-dealkylation sites (tertiary alicyclic amines) is 1. The molecule has 1 saturated heterocycles. The van der Waals surface area contributed by atoms with E-state index in [0.717, 1.165) is 23.8 Å². The third-order valence-electron chi connectivity index (χ3n) is 2.70. The number of aliphatic hydroxyl groups excluding tert-OH is 1. The number of hydrogen-bond donors (Lipinski definition) is 1. The van der Waals surface area contributed by atoms with Gasteiger partial charge in [-0.25, -0.2) is 0 Å². The van der Waals surface area contributed by atoms with E-state index < -0.39 is 0 Å². The minimum Gasteiger partial charge on any atom is -0.395 e. The molecule has 0 saturated carbocycles. The largest absolute Gasteiger partial charge is 0.395 e. The van der Waals surface area contributed by atoms with Gasteiger partial charge in [-0.3, -0.25) is 4.90 Å². The van der Waals surface area contributed by atoms with Gasteiger partial charge in [0.25, 0.3) is 0 Å². The van der Waals surface area contributed by atoms with E-state index >= 15 is 0 Å². The molecule has 0 unspecified atom stereocenters. The third kappa shape index (κ3) is 2.28. The second kappa shape index (κ2) is 4.62. The molecule has 4 heteroatoms. The lowest BCUT2D eigenvalue weighted by Crippen LogP contribution is -2.31. The lowest BCUT2D eigenvalue weighted by atomic mass is 10.2. The Morgan fingerprint density at radius 1 is 1.57 bits per heavy atom. The Bertz CT molecular complexity index is 302. The molecular weight excluding hydrogens is 218 g/mol. The molecule has 2 nitrogen and oxygen atoms in total. The van der Waals surface area contributed by atoms with E-state index in [4.69, 9.17) is 16.7 Å². The van der Waals surface area contributed by atoms with Crippen molar-refractivity contribution in [1.82, 2.24) is 4.90 Å². The first kappa shape index (κ1) is 10.4. The molecule has 1 aromatic rings. The van der Waals surface area contributed by atoms with E-state index in [0.29, 0.717) is 6.04 Å². The maximum atomic E-state index is 9.16. The highest BCUT2D eigenvalue weighted by Crippen LogP contribution is 2.26. The van der Waals surface area contributed by atoms with Crippen molar-refractivity contribution in [3.05, 3.63) is 21.3 Å². The molecule has 1 aliphatic rings. The average Bonchev–Trinajstić information content (AvgIpc) is 2.76. The van der Waals surface area contributed by atoms with Gasteiger partial charge in [-0.05, 0) is 31.5 Å². The van der Waals surface area contributed by atoms with Crippen molar-refractivity contribution in [2.45, 2.75) is 25.4 Å². The molecule has 14 heavy (non-hydrogen) atoms. The van der Waals surface area contributed by atoms with Crippen LogP contribution in [0, 0.1) is 0 Å². The Kier molecular flexibility index (Phi) is 3.44. The minimum atomic E-state index is 0.277. The zero-order valence-electron chi connectivity index (χ0n) is 7.95. The third-order valence-corrected chi connectivity index (χ3v) is 3.91. The van der Waals surface area contributed by atoms with Crippen LogP contribution in [-0.4, -0.2) is 29.2 Å². The highest BCUT2D eigenvalue weighted by Gasteiger charge is 2.23. The molecular formula is C10H14ClNOS. The summed E-state index contributed by atoms with van der Waals surface area (Å²) in [5.41, 5.74) is 0. The smallest absolute Gasteiger partial charge is 0.0931 e. The summed E-state index contributed by atoms with van der Waals surface area (Å²) in [4.78, 5) is 3.62. The molecule has 0 aliphatic carbocycles. The second-order valence-corrected chi connectivity index (χ2v) is 5.45. The first-order valence-corrected chi connectivity index (χ1v) is 6.08. The van der Waals surface area contributed by atoms with Crippen LogP contribution in [0.4, 0.5) is 0 Å². The average molecular weight is 232 g/mol. The standard InChI is InChI=1S/C10H14ClNOS/c11-10-4-3-9(14-10)6-12-5-1-2-8(12)7-13/h3-4,8,13H,1-2,5-7H2/t8-/m0/s1. The van der Waals surface area contributed by atoms with Gasteiger partial charge in [-0.2, -0.15) is 0 Å². The lowest BCUT2D eigenvalue weighted by Gasteiger charge is -2.21. The van der Waals surface area contributed by atoms with Crippen molar-refractivity contribution in [2.75, 3.05) is 13.2 Å². The predicted molar refractivity (Wildman–Crippen MR) is 59.8 cm³/mol. The maximum absolute atomic E-state index is 9.16. The Morgan fingerprint density at radius 2 is 2.43 bits per heavy atom. The molecule has 0 bridgehead atoms. The van der Waals surface area contributed by atoms with Crippen molar-refractivity contribution in [3.63, 3.8) is 0 Å². The molecule has 1 aromatic heterocycles. The van der Waals surface area contributed by atoms with Crippen LogP contribution in [0.1, 0.15) is 17.7 Å². The van der Waals surface area contributed by atoms with Gasteiger partial charge in [0.2, 0.25) is 0 Å². The van der Waals surface area contributed by atoms with E-state index in [9.17, 15) is 0 Å². The van der Waals surface area contributed by atoms with Crippen LogP contribution in [0.2, 0.25) is 4.34 Å². The summed E-state index contributed by atoms with van der Waals surface area (Å²) < 4.78 is 0.847. The Labute approximate surface area is 93.1 Å². The van der Waals surface area contributed by atoms with Crippen molar-refractivity contribution < 1.29 is 5.11 Å². The van der Waals surface area contributed by atoms with Crippen molar-refractivity contribution in [1.29, 1.82) is 0 Å². The topological polar surface area (TPSA) is 23.5 Å². The zero-order valence-corrected chi connectivity index (χ0v) is 9.52. The fraction of sp³-hybridized carbons (Fsp3) is 0.600. The number of halogens is 1. The van der Waals surface area contributed by atoms with Gasteiger partial charge in [-0.1, -0.05) is 11.6 Å². The van der Waals surface area contributed by atoms with Crippen LogP contribution in [0.3, 0.4) is 0 Å². The van der Waals surface area contributed by atoms with Crippen molar-refractivity contribution in [3.8, 4) is 0 Å². The van der Waals surface area contributed by atoms with Crippen LogP contribution in [0.5, 0.6) is 0 Å². The van der Waals surface area contributed by atoms with Gasteiger partial charge < -0.3 is 5.11 Å². The molecule has 1 N–H and O–H groups in total. The van der Waals surface area contributed by atoms with Gasteiger partial charge in [-0.15, -0.1) is 11.3 Å². The Balaban J connectivity index is 1.96. The molecule has 0 aromatic carbocycles. The summed E-state index contributed by atoms with van der Waals surface area (Å²) >= 11 is 7.50. The highest BCUT2D eigenvalue weighted by atomic mass is 35.5. The minimum absolute atomic E-state index is 0.277. The Morgan fingerprint density at radius 3 is 3.07 bits per heavy atom. The van der Waals surface area contributed by atoms with Crippen LogP contribution in [-0.2, 0) is 6.54 Å². The van der Waals surface area contributed by atoms with Crippen LogP contribution in [0.15, 0.2) is 12.1 Å². The molecule has 0 radical (unpaired) electrons. The van der Waals surface area contributed by atoms with Gasteiger partial charge in [0.15, 0.2) is 0 Å². The normalized spacial score (nSPS) is 23.1. The van der Waals surface area contributed by atoms with Gasteiger partial charge >= 0.3 is 0 Å². The highest BCUT2D eigenvalue weighted by molar-refractivity contribution is 7.16. The first-order chi connectivity index (χ1) is 6.79. The van der Waals surface area contributed by atoms with Gasteiger partial charge in [0.1, 0.15) is 0 Å². The van der Waals surface area contributed by atoms with Gasteiger partial charge in [0, 0.05) is 17.5 Å². The molecule has 0 amide bonds. The van der Waals surface area contributed by atoms with E-state index in [2.05, 4.69) is 11.0 Å². The summed E-state index contributed by atoms with van der Waals surface area (Å²) in [6, 6.07) is 4.36. The Hall–Kier alpha value is -0.0900.